The first-order chi connectivity index (χ1) is 7.23. The number of aliphatic carboxylic acids is 1. The Kier molecular flexibility index (Phi) is 3.09. The van der Waals surface area contributed by atoms with E-state index < -0.39 is 32.3 Å². The lowest BCUT2D eigenvalue weighted by molar-refractivity contribution is -0.131. The van der Waals surface area contributed by atoms with Crippen LogP contribution < -0.4 is 0 Å². The molecule has 0 aromatic heterocycles. The molecule has 0 saturated carbocycles. The highest BCUT2D eigenvalue weighted by molar-refractivity contribution is 7.90. The fourth-order valence-electron chi connectivity index (χ4n) is 1.05. The fraction of sp³-hybridized carbons (Fsp3) is 0.111. The molecule has 0 saturated heterocycles. The summed E-state index contributed by atoms with van der Waals surface area (Å²) >= 11 is 0. The minimum Gasteiger partial charge on any atom is -0.475 e. The summed E-state index contributed by atoms with van der Waals surface area (Å²) in [5, 5.41) is 8.41. The predicted molar refractivity (Wildman–Crippen MR) is 51.5 cm³/mol. The molecule has 0 amide bonds. The maximum absolute atomic E-state index is 13.1. The van der Waals surface area contributed by atoms with Crippen molar-refractivity contribution in [3.8, 4) is 0 Å². The van der Waals surface area contributed by atoms with Crippen LogP contribution in [0.5, 0.6) is 0 Å². The van der Waals surface area contributed by atoms with E-state index in [-0.39, 0.29) is 5.56 Å². The zero-order valence-corrected chi connectivity index (χ0v) is 8.91. The minimum absolute atomic E-state index is 0.380. The van der Waals surface area contributed by atoms with Gasteiger partial charge in [-0.2, -0.15) is 0 Å². The fourth-order valence-corrected chi connectivity index (χ4v) is 1.82. The van der Waals surface area contributed by atoms with Gasteiger partial charge >= 0.3 is 5.97 Å². The van der Waals surface area contributed by atoms with Crippen molar-refractivity contribution in [2.45, 2.75) is 4.90 Å². The van der Waals surface area contributed by atoms with E-state index in [1.165, 1.54) is 0 Å². The van der Waals surface area contributed by atoms with Crippen molar-refractivity contribution in [2.75, 3.05) is 6.26 Å². The number of ketones is 1. The van der Waals surface area contributed by atoms with Crippen LogP contribution in [0, 0.1) is 5.82 Å². The summed E-state index contributed by atoms with van der Waals surface area (Å²) in [6, 6.07) is 2.37. The van der Waals surface area contributed by atoms with Crippen molar-refractivity contribution >= 4 is 21.6 Å². The Morgan fingerprint density at radius 2 is 1.88 bits per heavy atom. The van der Waals surface area contributed by atoms with Crippen molar-refractivity contribution in [3.63, 3.8) is 0 Å². The van der Waals surface area contributed by atoms with Crippen molar-refractivity contribution in [2.24, 2.45) is 0 Å². The van der Waals surface area contributed by atoms with Crippen LogP contribution in [0.2, 0.25) is 0 Å². The van der Waals surface area contributed by atoms with E-state index in [0.29, 0.717) is 6.07 Å². The smallest absolute Gasteiger partial charge is 0.377 e. The average molecular weight is 246 g/mol. The zero-order valence-electron chi connectivity index (χ0n) is 8.10. The lowest BCUT2D eigenvalue weighted by Crippen LogP contribution is -2.14. The quantitative estimate of drug-likeness (QED) is 0.619. The van der Waals surface area contributed by atoms with Gasteiger partial charge in [-0.3, -0.25) is 4.79 Å². The Hall–Kier alpha value is -1.76. The number of carboxylic acid groups (broad SMARTS) is 1. The van der Waals surface area contributed by atoms with Crippen LogP contribution in [0.4, 0.5) is 4.39 Å². The number of rotatable bonds is 3. The van der Waals surface area contributed by atoms with Crippen LogP contribution in [0.15, 0.2) is 23.1 Å². The molecule has 0 aliphatic rings. The third-order valence-corrected chi connectivity index (χ3v) is 2.90. The number of carboxylic acids is 1. The predicted octanol–water partition coefficient (Wildman–Crippen LogP) is 0.496. The van der Waals surface area contributed by atoms with Gasteiger partial charge < -0.3 is 5.11 Å². The summed E-state index contributed by atoms with van der Waals surface area (Å²) < 4.78 is 35.3. The Labute approximate surface area is 90.4 Å². The largest absolute Gasteiger partial charge is 0.475 e. The monoisotopic (exact) mass is 246 g/mol. The average Bonchev–Trinajstić information content (AvgIpc) is 2.15. The van der Waals surface area contributed by atoms with Gasteiger partial charge in [-0.15, -0.1) is 0 Å². The molecule has 0 aliphatic carbocycles. The summed E-state index contributed by atoms with van der Waals surface area (Å²) in [5.41, 5.74) is -0.380. The molecule has 1 aromatic carbocycles. The highest BCUT2D eigenvalue weighted by Crippen LogP contribution is 2.16. The maximum Gasteiger partial charge on any atom is 0.377 e. The van der Waals surface area contributed by atoms with Gasteiger partial charge in [0, 0.05) is 11.8 Å². The summed E-state index contributed by atoms with van der Waals surface area (Å²) in [6.07, 6.45) is 0.764. The summed E-state index contributed by atoms with van der Waals surface area (Å²) in [4.78, 5) is 20.7. The molecule has 1 aromatic rings. The van der Waals surface area contributed by atoms with Gasteiger partial charge in [-0.1, -0.05) is 0 Å². The van der Waals surface area contributed by atoms with Crippen LogP contribution in [-0.4, -0.2) is 31.5 Å². The van der Waals surface area contributed by atoms with Crippen LogP contribution in [0.1, 0.15) is 10.4 Å². The number of Topliss-reactive ketones (excluding diaryl/α,β-unsaturated/α-hetero) is 1. The molecule has 0 unspecified atom stereocenters. The van der Waals surface area contributed by atoms with Crippen LogP contribution in [0.25, 0.3) is 0 Å². The van der Waals surface area contributed by atoms with E-state index >= 15 is 0 Å². The Bertz CT molecular complexity index is 561. The van der Waals surface area contributed by atoms with Gasteiger partial charge in [0.25, 0.3) is 5.78 Å². The second-order valence-corrected chi connectivity index (χ2v) is 5.04. The van der Waals surface area contributed by atoms with E-state index in [9.17, 15) is 22.4 Å². The van der Waals surface area contributed by atoms with Crippen molar-refractivity contribution in [3.05, 3.63) is 29.6 Å². The van der Waals surface area contributed by atoms with E-state index in [1.54, 1.807) is 0 Å². The number of carbonyl (C=O) groups is 2. The lowest BCUT2D eigenvalue weighted by Gasteiger charge is -2.02. The number of hydrogen-bond acceptors (Lipinski definition) is 4. The summed E-state index contributed by atoms with van der Waals surface area (Å²) in [5.74, 6) is -4.04. The third-order valence-electron chi connectivity index (χ3n) is 1.79. The second-order valence-electron chi connectivity index (χ2n) is 3.05. The molecule has 1 rings (SSSR count). The van der Waals surface area contributed by atoms with Gasteiger partial charge in [-0.05, 0) is 18.2 Å². The van der Waals surface area contributed by atoms with Gasteiger partial charge in [0.15, 0.2) is 9.84 Å². The van der Waals surface area contributed by atoms with Crippen molar-refractivity contribution < 1.29 is 27.5 Å². The summed E-state index contributed by atoms with van der Waals surface area (Å²) in [6.45, 7) is 0. The molecule has 7 heteroatoms. The normalized spacial score (nSPS) is 11.1. The molecule has 0 spiro atoms. The molecule has 16 heavy (non-hydrogen) atoms. The molecule has 1 N–H and O–H groups in total. The maximum atomic E-state index is 13.1. The number of benzene rings is 1. The molecule has 86 valence electrons. The number of sulfone groups is 1. The molecular weight excluding hydrogens is 239 g/mol. The molecule has 0 fully saturated rings. The SMILES string of the molecule is CS(=O)(=O)c1cc(C(=O)C(=O)O)ccc1F. The van der Waals surface area contributed by atoms with Crippen LogP contribution >= 0.6 is 0 Å². The molecule has 5 nitrogen and oxygen atoms in total. The Balaban J connectivity index is 3.40. The van der Waals surface area contributed by atoms with E-state index in [4.69, 9.17) is 5.11 Å². The number of hydrogen-bond donors (Lipinski definition) is 1. The first kappa shape index (κ1) is 12.3. The first-order valence-electron chi connectivity index (χ1n) is 4.00. The highest BCUT2D eigenvalue weighted by atomic mass is 32.2. The zero-order chi connectivity index (χ0) is 12.5. The van der Waals surface area contributed by atoms with Gasteiger partial charge in [0.2, 0.25) is 0 Å². The standard InChI is InChI=1S/C9H7FO5S/c1-16(14,15)7-4-5(2-3-6(7)10)8(11)9(12)13/h2-4H,1H3,(H,12,13). The van der Waals surface area contributed by atoms with Gasteiger partial charge in [0.05, 0.1) is 0 Å². The number of halogens is 1. The molecule has 0 aliphatic heterocycles. The highest BCUT2D eigenvalue weighted by Gasteiger charge is 2.20. The lowest BCUT2D eigenvalue weighted by atomic mass is 10.1. The minimum atomic E-state index is -3.84. The van der Waals surface area contributed by atoms with Crippen molar-refractivity contribution in [1.29, 1.82) is 0 Å². The molecule has 0 atom stereocenters. The van der Waals surface area contributed by atoms with Gasteiger partial charge in [0.1, 0.15) is 10.7 Å². The molecule has 0 heterocycles. The van der Waals surface area contributed by atoms with E-state index in [1.807, 2.05) is 0 Å². The Morgan fingerprint density at radius 1 is 1.31 bits per heavy atom. The molecular formula is C9H7FO5S. The first-order valence-corrected chi connectivity index (χ1v) is 5.90. The number of carbonyl (C=O) groups excluding carboxylic acids is 1. The van der Waals surface area contributed by atoms with Crippen LogP contribution in [0.3, 0.4) is 0 Å². The van der Waals surface area contributed by atoms with Gasteiger partial charge in [-0.25, -0.2) is 17.6 Å². The Morgan fingerprint density at radius 3 is 2.31 bits per heavy atom. The molecule has 0 bridgehead atoms. The third kappa shape index (κ3) is 2.43. The summed E-state index contributed by atoms with van der Waals surface area (Å²) in [7, 11) is -3.84. The van der Waals surface area contributed by atoms with E-state index in [2.05, 4.69) is 0 Å². The molecule has 0 radical (unpaired) electrons. The van der Waals surface area contributed by atoms with E-state index in [0.717, 1.165) is 18.4 Å². The van der Waals surface area contributed by atoms with Crippen molar-refractivity contribution in [1.82, 2.24) is 0 Å². The topological polar surface area (TPSA) is 88.5 Å². The second kappa shape index (κ2) is 4.01. The van der Waals surface area contributed by atoms with Crippen LogP contribution in [-0.2, 0) is 14.6 Å².